The molecule has 782 valence electrons. The van der Waals surface area contributed by atoms with E-state index in [0.717, 1.165) is 180 Å². The third-order valence-corrected chi connectivity index (χ3v) is 29.0. The second kappa shape index (κ2) is 47.3. The van der Waals surface area contributed by atoms with Crippen LogP contribution < -0.4 is 33.2 Å². The van der Waals surface area contributed by atoms with E-state index in [1.807, 2.05) is 112 Å². The number of carbonyl (C=O) groups excluding carboxylic acids is 1. The summed E-state index contributed by atoms with van der Waals surface area (Å²) in [6.45, 7) is 23.8. The fourth-order valence-electron chi connectivity index (χ4n) is 21.1. The summed E-state index contributed by atoms with van der Waals surface area (Å²) >= 11 is 0. The lowest BCUT2D eigenvalue weighted by Gasteiger charge is -2.40. The fourth-order valence-corrected chi connectivity index (χ4v) is 21.1. The summed E-state index contributed by atoms with van der Waals surface area (Å²) in [6.07, 6.45) is 12.4. The highest BCUT2D eigenvalue weighted by Gasteiger charge is 2.45. The zero-order valence-electron chi connectivity index (χ0n) is 85.1. The third-order valence-electron chi connectivity index (χ3n) is 29.0. The molecule has 0 bridgehead atoms. The van der Waals surface area contributed by atoms with Crippen molar-refractivity contribution in [1.29, 1.82) is 0 Å². The van der Waals surface area contributed by atoms with Gasteiger partial charge in [-0.3, -0.25) is 4.79 Å². The number of aliphatic hydroxyl groups is 4. The maximum Gasteiger partial charge on any atom is 0.316 e. The number of β-amino-alcohol motifs (C(OH)–C–C–N with tert-alkyl or cyclic N) is 4. The van der Waals surface area contributed by atoms with Crippen molar-refractivity contribution in [1.82, 2.24) is 60.4 Å². The Hall–Kier alpha value is -13.8. The zero-order valence-corrected chi connectivity index (χ0v) is 85.1. The van der Waals surface area contributed by atoms with Crippen LogP contribution in [0.25, 0.3) is 90.5 Å². The van der Waals surface area contributed by atoms with Gasteiger partial charge in [0.1, 0.15) is 119 Å². The number of rotatable bonds is 32. The molecular weight excluding hydrogens is 1900 g/mol. The Morgan fingerprint density at radius 1 is 0.396 bits per heavy atom. The van der Waals surface area contributed by atoms with Crippen molar-refractivity contribution in [3.05, 3.63) is 244 Å². The van der Waals surface area contributed by atoms with E-state index in [2.05, 4.69) is 115 Å². The van der Waals surface area contributed by atoms with E-state index in [1.165, 1.54) is 45.5 Å². The number of furan rings is 4. The van der Waals surface area contributed by atoms with Gasteiger partial charge in [0.05, 0.1) is 53.4 Å². The Morgan fingerprint density at radius 2 is 0.732 bits per heavy atom. The van der Waals surface area contributed by atoms with Gasteiger partial charge in [-0.1, -0.05) is 93.6 Å². The van der Waals surface area contributed by atoms with Crippen LogP contribution in [0, 0.1) is 19.7 Å². The first-order chi connectivity index (χ1) is 72.7. The average Bonchev–Trinajstić information content (AvgIpc) is 1.71. The second-order valence-electron chi connectivity index (χ2n) is 40.0. The Balaban J connectivity index is 0.000000120. The van der Waals surface area contributed by atoms with Gasteiger partial charge in [0.15, 0.2) is 23.0 Å². The van der Waals surface area contributed by atoms with Crippen molar-refractivity contribution in [2.75, 3.05) is 131 Å². The SMILES string of the molecule is CC(C)c1nnc(-c2cc3c(OC[C@@H](O)CN4CCC(c5ccc6c(c5)CCCO6)CC4)cccc3o2)o1.CCOC(=O)C1(c2ccc(F)cc2)CCN(C[C@H](O)COc2cccc3oc(-c4nnc(C)o4)cc23)CC1.CCc1nnc(-c2cc3c(OC[C@@H](O)CN4CCC(c5ccc6c(c5)CCCO6)CC4)cccc3o2)o1.Cc1nnc(-c2cc3c(OC[C@@H](O)CN4CCC(c5ccc6c(c5)CCCO6)CC4)cccc3o2)o1. The Kier molecular flexibility index (Phi) is 32.5. The topological polar surface area (TPSA) is 393 Å². The number of aromatic nitrogens is 8. The fraction of sp³-hybridized carbons (Fsp3) is 0.435. The lowest BCUT2D eigenvalue weighted by Crippen LogP contribution is -2.50. The molecule has 16 aromatic rings. The highest BCUT2D eigenvalue weighted by Crippen LogP contribution is 2.44. The van der Waals surface area contributed by atoms with Crippen molar-refractivity contribution >= 4 is 49.8 Å². The van der Waals surface area contributed by atoms with Gasteiger partial charge >= 0.3 is 5.97 Å². The first kappa shape index (κ1) is 102. The van der Waals surface area contributed by atoms with E-state index < -0.39 is 29.8 Å². The van der Waals surface area contributed by atoms with Gasteiger partial charge in [0.2, 0.25) is 23.6 Å². The lowest BCUT2D eigenvalue weighted by molar-refractivity contribution is -0.152. The minimum atomic E-state index is -0.826. The lowest BCUT2D eigenvalue weighted by atomic mass is 9.72. The van der Waals surface area contributed by atoms with E-state index in [1.54, 1.807) is 39.0 Å². The number of aryl methyl sites for hydroxylation is 6. The first-order valence-corrected chi connectivity index (χ1v) is 52.4. The molecule has 23 rings (SSSR count). The molecule has 149 heavy (non-hydrogen) atoms. The number of aliphatic hydroxyl groups excluding tert-OH is 4. The van der Waals surface area contributed by atoms with Gasteiger partial charge in [-0.15, -0.1) is 40.8 Å². The normalized spacial score (nSPS) is 17.2. The summed E-state index contributed by atoms with van der Waals surface area (Å²) in [6, 6.07) is 55.9. The van der Waals surface area contributed by atoms with Crippen LogP contribution in [0.3, 0.4) is 0 Å². The molecule has 15 heterocycles. The number of fused-ring (bicyclic) bond motifs is 7. The molecule has 0 spiro atoms. The molecule has 7 aliphatic rings. The summed E-state index contributed by atoms with van der Waals surface area (Å²) < 4.78 is 106. The highest BCUT2D eigenvalue weighted by atomic mass is 19.1. The van der Waals surface area contributed by atoms with Gasteiger partial charge in [-0.25, -0.2) is 4.39 Å². The van der Waals surface area contributed by atoms with Crippen molar-refractivity contribution in [2.45, 2.75) is 191 Å². The number of hydrogen-bond acceptors (Lipinski definition) is 33. The second-order valence-corrected chi connectivity index (χ2v) is 40.0. The molecule has 7 aliphatic heterocycles. The minimum absolute atomic E-state index is 0.0801. The molecule has 0 amide bonds. The van der Waals surface area contributed by atoms with Crippen LogP contribution in [-0.4, -0.2) is 243 Å². The summed E-state index contributed by atoms with van der Waals surface area (Å²) in [5, 5.41) is 78.1. The predicted molar refractivity (Wildman–Crippen MR) is 553 cm³/mol. The summed E-state index contributed by atoms with van der Waals surface area (Å²) in [7, 11) is 0. The van der Waals surface area contributed by atoms with Crippen LogP contribution in [0.5, 0.6) is 40.2 Å². The number of ether oxygens (including phenoxy) is 8. The van der Waals surface area contributed by atoms with E-state index in [4.69, 9.17) is 73.2 Å². The van der Waals surface area contributed by atoms with Crippen LogP contribution in [0.2, 0.25) is 0 Å². The summed E-state index contributed by atoms with van der Waals surface area (Å²) in [5.41, 5.74) is 10.9. The summed E-state index contributed by atoms with van der Waals surface area (Å²) in [5.74, 6) is 12.3. The number of hydrogen-bond donors (Lipinski definition) is 4. The number of halogens is 1. The number of benzene rings is 8. The average molecular weight is 2030 g/mol. The highest BCUT2D eigenvalue weighted by molar-refractivity contribution is 5.90. The standard InChI is InChI=1S/C30H35N3O5.C29H33N3O5.C28H30FN3O6.C28H31N3O5/c1-19(2)29-31-32-30(38-29)28-16-24-26(6-3-7-27(24)37-28)36-18-23(34)17-33-12-10-20(11-13-33)21-8-9-25-22(15-21)5-4-14-35-25;1-2-28-30-31-29(37-28)27-16-23-25(6-3-7-26(23)36-27)35-18-22(33)17-32-12-10-19(11-13-32)20-8-9-24-21(15-20)5-4-14-34-24;1-3-35-27(34)28(19-7-9-20(29)10-8-19)11-13-32(14-12-28)16-21(33)17-36-23-5-4-6-24-22(23)15-25(38-24)26-31-30-18(2)37-26;1-18-29-30-28(35-18)27-15-23-25(5-2-6-26(23)36-27)34-17-22(32)16-31-11-9-19(10-12-31)20-7-8-24-21(14-20)4-3-13-33-24/h3,6-9,15-16,19-20,23,34H,4-5,10-14,17-18H2,1-2H3;3,6-9,15-16,19,22,33H,2,4-5,10-14,17-18H2,1H3;4-10,15,21,33H,3,11-14,16-17H2,1-2H3;2,5-8,14-15,19,22,32H,3-4,9-13,16-17H2,1H3/t23-;22-;21-;22-/m0000/s1. The largest absolute Gasteiger partial charge is 0.493 e. The van der Waals surface area contributed by atoms with Gasteiger partial charge < -0.3 is 113 Å². The molecule has 4 fully saturated rings. The molecular formula is C115H129FN12O21. The van der Waals surface area contributed by atoms with Gasteiger partial charge in [-0.05, 0) is 285 Å². The van der Waals surface area contributed by atoms with E-state index in [-0.39, 0.29) is 56.6 Å². The molecule has 0 radical (unpaired) electrons. The molecule has 4 atom stereocenters. The van der Waals surface area contributed by atoms with Crippen LogP contribution in [-0.2, 0) is 40.6 Å². The number of nitrogens with zero attached hydrogens (tertiary/aromatic N) is 12. The molecule has 0 aliphatic carbocycles. The van der Waals surface area contributed by atoms with Crippen molar-refractivity contribution < 1.29 is 103 Å². The van der Waals surface area contributed by atoms with Crippen molar-refractivity contribution in [3.63, 3.8) is 0 Å². The van der Waals surface area contributed by atoms with Gasteiger partial charge in [0.25, 0.3) is 23.6 Å². The molecule has 0 unspecified atom stereocenters. The van der Waals surface area contributed by atoms with E-state index in [9.17, 15) is 29.6 Å². The van der Waals surface area contributed by atoms with Crippen LogP contribution >= 0.6 is 0 Å². The van der Waals surface area contributed by atoms with Crippen LogP contribution in [0.1, 0.15) is 185 Å². The third kappa shape index (κ3) is 24.8. The van der Waals surface area contributed by atoms with Gasteiger partial charge in [0, 0.05) is 76.6 Å². The first-order valence-electron chi connectivity index (χ1n) is 52.4. The molecule has 34 heteroatoms. The molecule has 8 aromatic carbocycles. The summed E-state index contributed by atoms with van der Waals surface area (Å²) in [4.78, 5) is 22.1. The van der Waals surface area contributed by atoms with Crippen LogP contribution in [0.4, 0.5) is 4.39 Å². The number of esters is 1. The maximum atomic E-state index is 13.5. The Morgan fingerprint density at radius 3 is 1.05 bits per heavy atom. The molecule has 8 aromatic heterocycles. The van der Waals surface area contributed by atoms with Crippen molar-refractivity contribution in [2.24, 2.45) is 0 Å². The molecule has 4 N–H and O–H groups in total. The molecule has 4 saturated heterocycles. The van der Waals surface area contributed by atoms with Crippen molar-refractivity contribution in [3.8, 4) is 86.9 Å². The maximum absolute atomic E-state index is 13.5. The molecule has 33 nitrogen and oxygen atoms in total. The molecule has 0 saturated carbocycles. The monoisotopic (exact) mass is 2030 g/mol. The number of piperidine rings is 4. The minimum Gasteiger partial charge on any atom is -0.493 e. The quantitative estimate of drug-likeness (QED) is 0.0284. The smallest absolute Gasteiger partial charge is 0.316 e. The van der Waals surface area contributed by atoms with E-state index >= 15 is 0 Å². The Labute approximate surface area is 862 Å². The predicted octanol–water partition coefficient (Wildman–Crippen LogP) is 19.5. The Bertz CT molecular complexity index is 7150. The number of likely N-dealkylation sites (tertiary alicyclic amines) is 4. The zero-order chi connectivity index (χ0) is 102. The van der Waals surface area contributed by atoms with E-state index in [0.29, 0.717) is 186 Å². The number of carbonyl (C=O) groups is 1. The van der Waals surface area contributed by atoms with Gasteiger partial charge in [-0.2, -0.15) is 0 Å². The van der Waals surface area contributed by atoms with Crippen LogP contribution in [0.15, 0.2) is 211 Å².